The third kappa shape index (κ3) is 4.38. The van der Waals surface area contributed by atoms with Crippen molar-refractivity contribution in [3.8, 4) is 17.0 Å². The van der Waals surface area contributed by atoms with Gasteiger partial charge in [0.25, 0.3) is 11.5 Å². The largest absolute Gasteiger partial charge is 0.477 e. The number of hydrogen-bond donors (Lipinski definition) is 1. The van der Waals surface area contributed by atoms with Crippen molar-refractivity contribution < 1.29 is 9.53 Å². The van der Waals surface area contributed by atoms with Crippen molar-refractivity contribution in [2.75, 3.05) is 11.9 Å². The minimum absolute atomic E-state index is 0.197. The van der Waals surface area contributed by atoms with Crippen LogP contribution in [0, 0.1) is 5.92 Å². The molecule has 4 aromatic rings. The van der Waals surface area contributed by atoms with Crippen LogP contribution in [0.1, 0.15) is 37.0 Å². The molecule has 1 atom stereocenters. The van der Waals surface area contributed by atoms with E-state index in [1.807, 2.05) is 25.1 Å². The number of benzene rings is 1. The van der Waals surface area contributed by atoms with E-state index in [9.17, 15) is 9.59 Å². The van der Waals surface area contributed by atoms with E-state index < -0.39 is 0 Å². The number of carbonyl (C=O) groups is 1. The first-order chi connectivity index (χ1) is 16.9. The molecule has 182 valence electrons. The summed E-state index contributed by atoms with van der Waals surface area (Å²) in [7, 11) is 1.78. The number of carbonyl (C=O) groups excluding carboxylic acids is 1. The van der Waals surface area contributed by atoms with Crippen LogP contribution in [0.5, 0.6) is 5.88 Å². The molecule has 0 saturated carbocycles. The Bertz CT molecular complexity index is 1480. The maximum atomic E-state index is 13.5. The number of hydrogen-bond acceptors (Lipinski definition) is 5. The summed E-state index contributed by atoms with van der Waals surface area (Å²) in [4.78, 5) is 31.4. The topological polar surface area (TPSA) is 96.0 Å². The molecule has 1 aliphatic heterocycles. The highest BCUT2D eigenvalue weighted by Gasteiger charge is 2.22. The summed E-state index contributed by atoms with van der Waals surface area (Å²) in [6.45, 7) is 5.67. The van der Waals surface area contributed by atoms with Gasteiger partial charge in [0.05, 0.1) is 40.5 Å². The number of aryl methyl sites for hydroxylation is 2. The number of fused-ring (bicyclic) bond motifs is 7. The van der Waals surface area contributed by atoms with Gasteiger partial charge in [-0.2, -0.15) is 5.10 Å². The Balaban J connectivity index is 1.67. The first kappa shape index (κ1) is 23.3. The number of anilines is 1. The van der Waals surface area contributed by atoms with Crippen LogP contribution in [0.4, 0.5) is 5.95 Å². The molecule has 0 saturated heterocycles. The lowest BCUT2D eigenvalue weighted by Crippen LogP contribution is -2.25. The molecule has 5 rings (SSSR count). The van der Waals surface area contributed by atoms with Crippen LogP contribution in [-0.4, -0.2) is 36.4 Å². The quantitative estimate of drug-likeness (QED) is 0.386. The second-order valence-electron chi connectivity index (χ2n) is 8.95. The fourth-order valence-electron chi connectivity index (χ4n) is 4.52. The molecule has 0 unspecified atom stereocenters. The zero-order valence-electron chi connectivity index (χ0n) is 19.9. The molecule has 1 amide bonds. The summed E-state index contributed by atoms with van der Waals surface area (Å²) < 4.78 is 12.3. The fraction of sp³-hybridized carbons (Fsp3) is 0.360. The highest BCUT2D eigenvalue weighted by molar-refractivity contribution is 9.10. The van der Waals surface area contributed by atoms with Gasteiger partial charge in [-0.1, -0.05) is 22.9 Å². The number of rotatable bonds is 1. The summed E-state index contributed by atoms with van der Waals surface area (Å²) in [5.41, 5.74) is 2.87. The minimum atomic E-state index is -0.335. The smallest absolute Gasteiger partial charge is 0.259 e. The number of ether oxygens (including phenoxy) is 1. The molecule has 0 fully saturated rings. The standard InChI is InChI=1S/C25H27BrN6O3/c1-4-31-14-16-10-18(23(31)34)19-12-27-30(3)24(19)35-9-5-6-15(2)13-32-21-11-17(26)7-8-20(21)28-25(32)29-22(16)33/h7-8,10-12,14-15H,4-6,9,13H2,1-3H3,(H,28,29,33)/t15-/m1/s1. The predicted molar refractivity (Wildman–Crippen MR) is 138 cm³/mol. The molecular weight excluding hydrogens is 512 g/mol. The maximum absolute atomic E-state index is 13.5. The minimum Gasteiger partial charge on any atom is -0.477 e. The van der Waals surface area contributed by atoms with Crippen molar-refractivity contribution >= 4 is 38.8 Å². The monoisotopic (exact) mass is 538 g/mol. The van der Waals surface area contributed by atoms with Crippen LogP contribution >= 0.6 is 15.9 Å². The normalized spacial score (nSPS) is 16.6. The average Bonchev–Trinajstić information content (AvgIpc) is 3.36. The molecule has 4 heterocycles. The zero-order chi connectivity index (χ0) is 24.7. The molecule has 1 N–H and O–H groups in total. The Labute approximate surface area is 210 Å². The zero-order valence-corrected chi connectivity index (χ0v) is 21.5. The summed E-state index contributed by atoms with van der Waals surface area (Å²) in [6.07, 6.45) is 4.96. The molecule has 3 aromatic heterocycles. The molecule has 35 heavy (non-hydrogen) atoms. The van der Waals surface area contributed by atoms with E-state index in [0.717, 1.165) is 28.3 Å². The van der Waals surface area contributed by atoms with Crippen LogP contribution < -0.4 is 15.6 Å². The Morgan fingerprint density at radius 3 is 2.86 bits per heavy atom. The number of nitrogens with zero attached hydrogens (tertiary/aromatic N) is 5. The molecular formula is C25H27BrN6O3. The van der Waals surface area contributed by atoms with E-state index >= 15 is 0 Å². The van der Waals surface area contributed by atoms with Crippen molar-refractivity contribution in [2.45, 2.75) is 39.8 Å². The van der Waals surface area contributed by atoms with Crippen molar-refractivity contribution in [3.05, 3.63) is 57.0 Å². The fourth-order valence-corrected chi connectivity index (χ4v) is 4.87. The van der Waals surface area contributed by atoms with E-state index in [1.54, 1.807) is 30.2 Å². The number of amides is 1. The molecule has 10 heteroatoms. The Hall–Kier alpha value is -3.40. The number of aromatic nitrogens is 5. The van der Waals surface area contributed by atoms with E-state index in [2.05, 4.69) is 37.8 Å². The highest BCUT2D eigenvalue weighted by Crippen LogP contribution is 2.30. The van der Waals surface area contributed by atoms with Gasteiger partial charge >= 0.3 is 0 Å². The van der Waals surface area contributed by atoms with Crippen molar-refractivity contribution in [1.29, 1.82) is 0 Å². The molecule has 1 aliphatic rings. The molecule has 9 nitrogen and oxygen atoms in total. The second kappa shape index (κ2) is 9.33. The maximum Gasteiger partial charge on any atom is 0.259 e. The summed E-state index contributed by atoms with van der Waals surface area (Å²) in [5, 5.41) is 7.31. The van der Waals surface area contributed by atoms with E-state index in [0.29, 0.717) is 54.1 Å². The number of nitrogens with one attached hydrogen (secondary N) is 1. The van der Waals surface area contributed by atoms with Crippen LogP contribution in [0.25, 0.3) is 22.2 Å². The van der Waals surface area contributed by atoms with E-state index in [-0.39, 0.29) is 11.5 Å². The SMILES string of the molecule is CCn1cc2cc(c1=O)-c1cnn(C)c1OCCC[C@@H](C)Cn1c(nc3ccc(Br)cc31)NC2=O. The molecule has 0 radical (unpaired) electrons. The van der Waals surface area contributed by atoms with Gasteiger partial charge in [0.15, 0.2) is 0 Å². The molecule has 2 bridgehead atoms. The van der Waals surface area contributed by atoms with Crippen molar-refractivity contribution in [3.63, 3.8) is 0 Å². The molecule has 0 spiro atoms. The summed E-state index contributed by atoms with van der Waals surface area (Å²) in [6, 6.07) is 7.50. The van der Waals surface area contributed by atoms with E-state index in [4.69, 9.17) is 9.72 Å². The predicted octanol–water partition coefficient (Wildman–Crippen LogP) is 4.44. The Kier molecular flexibility index (Phi) is 6.22. The lowest BCUT2D eigenvalue weighted by molar-refractivity contribution is 0.102. The van der Waals surface area contributed by atoms with E-state index in [1.165, 1.54) is 4.57 Å². The number of halogens is 1. The first-order valence-electron chi connectivity index (χ1n) is 11.7. The second-order valence-corrected chi connectivity index (χ2v) is 9.87. The van der Waals surface area contributed by atoms with Gasteiger partial charge < -0.3 is 13.9 Å². The van der Waals surface area contributed by atoms with Gasteiger partial charge in [0, 0.05) is 30.8 Å². The molecule has 1 aromatic carbocycles. The third-order valence-electron chi connectivity index (χ3n) is 6.37. The van der Waals surface area contributed by atoms with Crippen LogP contribution in [0.3, 0.4) is 0 Å². The van der Waals surface area contributed by atoms with Gasteiger partial charge in [0.1, 0.15) is 0 Å². The lowest BCUT2D eigenvalue weighted by Gasteiger charge is -2.16. The van der Waals surface area contributed by atoms with Crippen molar-refractivity contribution in [1.82, 2.24) is 23.9 Å². The van der Waals surface area contributed by atoms with Crippen LogP contribution in [0.15, 0.2) is 45.9 Å². The van der Waals surface area contributed by atoms with Gasteiger partial charge in [-0.3, -0.25) is 14.9 Å². The molecule has 0 aliphatic carbocycles. The lowest BCUT2D eigenvalue weighted by atomic mass is 10.1. The summed E-state index contributed by atoms with van der Waals surface area (Å²) >= 11 is 3.55. The first-order valence-corrected chi connectivity index (χ1v) is 12.5. The summed E-state index contributed by atoms with van der Waals surface area (Å²) in [5.74, 6) is 0.990. The van der Waals surface area contributed by atoms with Gasteiger partial charge in [-0.05, 0) is 49.9 Å². The third-order valence-corrected chi connectivity index (χ3v) is 6.87. The van der Waals surface area contributed by atoms with Crippen molar-refractivity contribution in [2.24, 2.45) is 13.0 Å². The van der Waals surface area contributed by atoms with Gasteiger partial charge in [0.2, 0.25) is 11.8 Å². The van der Waals surface area contributed by atoms with Crippen LogP contribution in [-0.2, 0) is 20.1 Å². The van der Waals surface area contributed by atoms with Gasteiger partial charge in [-0.25, -0.2) is 9.67 Å². The highest BCUT2D eigenvalue weighted by atomic mass is 79.9. The Morgan fingerprint density at radius 1 is 1.23 bits per heavy atom. The average molecular weight is 539 g/mol. The van der Waals surface area contributed by atoms with Crippen LogP contribution in [0.2, 0.25) is 0 Å². The van der Waals surface area contributed by atoms with Gasteiger partial charge in [-0.15, -0.1) is 0 Å². The number of imidazole rings is 1. The Morgan fingerprint density at radius 2 is 2.06 bits per heavy atom. The number of pyridine rings is 1.